The third-order valence-electron chi connectivity index (χ3n) is 1.19. The second kappa shape index (κ2) is 2.85. The molecule has 0 amide bonds. The molecule has 0 atom stereocenters. The molecule has 1 heterocycles. The van der Waals surface area contributed by atoms with Crippen LogP contribution in [-0.2, 0) is 12.7 Å². The summed E-state index contributed by atoms with van der Waals surface area (Å²) in [7, 11) is 0. The summed E-state index contributed by atoms with van der Waals surface area (Å²) >= 11 is 0. The summed E-state index contributed by atoms with van der Waals surface area (Å²) in [6, 6.07) is 1.68. The standard InChI is InChI=1S/C6H4F3N3/c7-6(8,9)5-3-11-12(4-5)2-1-10/h3-4H,2H2. The minimum atomic E-state index is -4.38. The molecule has 0 aromatic carbocycles. The van der Waals surface area contributed by atoms with Gasteiger partial charge in [0.05, 0.1) is 17.8 Å². The van der Waals surface area contributed by atoms with Crippen LogP contribution in [0.4, 0.5) is 13.2 Å². The summed E-state index contributed by atoms with van der Waals surface area (Å²) in [6.07, 6.45) is -2.89. The van der Waals surface area contributed by atoms with Crippen LogP contribution in [0.1, 0.15) is 5.56 Å². The molecule has 0 unspecified atom stereocenters. The van der Waals surface area contributed by atoms with Crippen molar-refractivity contribution in [2.45, 2.75) is 12.7 Å². The van der Waals surface area contributed by atoms with Gasteiger partial charge in [-0.1, -0.05) is 0 Å². The molecule has 0 saturated carbocycles. The monoisotopic (exact) mass is 175 g/mol. The highest BCUT2D eigenvalue weighted by Crippen LogP contribution is 2.28. The van der Waals surface area contributed by atoms with E-state index in [-0.39, 0.29) is 6.54 Å². The molecule has 3 nitrogen and oxygen atoms in total. The molecule has 6 heteroatoms. The third-order valence-corrected chi connectivity index (χ3v) is 1.19. The Morgan fingerprint density at radius 2 is 2.25 bits per heavy atom. The zero-order chi connectivity index (χ0) is 9.19. The number of rotatable bonds is 1. The molecule has 0 aliphatic heterocycles. The minimum Gasteiger partial charge on any atom is -0.258 e. The molecule has 0 bridgehead atoms. The topological polar surface area (TPSA) is 41.6 Å². The van der Waals surface area contributed by atoms with Crippen molar-refractivity contribution in [3.63, 3.8) is 0 Å². The fourth-order valence-corrected chi connectivity index (χ4v) is 0.669. The van der Waals surface area contributed by atoms with Gasteiger partial charge in [-0.15, -0.1) is 0 Å². The van der Waals surface area contributed by atoms with Gasteiger partial charge in [0, 0.05) is 6.20 Å². The van der Waals surface area contributed by atoms with Crippen molar-refractivity contribution in [1.29, 1.82) is 5.26 Å². The van der Waals surface area contributed by atoms with Crippen LogP contribution in [0.3, 0.4) is 0 Å². The van der Waals surface area contributed by atoms with Crippen molar-refractivity contribution in [1.82, 2.24) is 9.78 Å². The number of halogens is 3. The molecular weight excluding hydrogens is 171 g/mol. The van der Waals surface area contributed by atoms with Crippen LogP contribution in [0.5, 0.6) is 0 Å². The molecule has 1 rings (SSSR count). The summed E-state index contributed by atoms with van der Waals surface area (Å²) in [5, 5.41) is 11.5. The Morgan fingerprint density at radius 3 is 2.67 bits per heavy atom. The summed E-state index contributed by atoms with van der Waals surface area (Å²) in [5.41, 5.74) is -0.835. The predicted molar refractivity (Wildman–Crippen MR) is 32.8 cm³/mol. The van der Waals surface area contributed by atoms with Crippen LogP contribution in [0, 0.1) is 11.3 Å². The van der Waals surface area contributed by atoms with Gasteiger partial charge in [-0.2, -0.15) is 23.5 Å². The Bertz CT molecular complexity index is 307. The van der Waals surface area contributed by atoms with E-state index in [1.807, 2.05) is 0 Å². The average molecular weight is 175 g/mol. The van der Waals surface area contributed by atoms with E-state index in [1.165, 1.54) is 0 Å². The number of alkyl halides is 3. The summed E-state index contributed by atoms with van der Waals surface area (Å²) in [4.78, 5) is 0. The second-order valence-corrected chi connectivity index (χ2v) is 2.08. The van der Waals surface area contributed by atoms with Crippen molar-refractivity contribution in [2.75, 3.05) is 0 Å². The predicted octanol–water partition coefficient (Wildman–Crippen LogP) is 1.43. The van der Waals surface area contributed by atoms with E-state index in [0.29, 0.717) is 6.20 Å². The maximum absolute atomic E-state index is 11.9. The minimum absolute atomic E-state index is 0.171. The lowest BCUT2D eigenvalue weighted by atomic mass is 10.4. The molecule has 1 aromatic rings. The fourth-order valence-electron chi connectivity index (χ4n) is 0.669. The van der Waals surface area contributed by atoms with Gasteiger partial charge in [-0.25, -0.2) is 0 Å². The summed E-state index contributed by atoms with van der Waals surface area (Å²) in [6.45, 7) is -0.171. The maximum atomic E-state index is 11.9. The molecular formula is C6H4F3N3. The first-order valence-electron chi connectivity index (χ1n) is 3.00. The molecule has 0 radical (unpaired) electrons. The lowest BCUT2D eigenvalue weighted by molar-refractivity contribution is -0.137. The largest absolute Gasteiger partial charge is 0.419 e. The summed E-state index contributed by atoms with van der Waals surface area (Å²) < 4.78 is 36.6. The van der Waals surface area contributed by atoms with Gasteiger partial charge in [0.15, 0.2) is 0 Å². The van der Waals surface area contributed by atoms with E-state index in [9.17, 15) is 13.2 Å². The van der Waals surface area contributed by atoms with Gasteiger partial charge in [0.2, 0.25) is 0 Å². The number of hydrogen-bond donors (Lipinski definition) is 0. The van der Waals surface area contributed by atoms with E-state index in [4.69, 9.17) is 5.26 Å². The van der Waals surface area contributed by atoms with E-state index < -0.39 is 11.7 Å². The first-order valence-corrected chi connectivity index (χ1v) is 3.00. The van der Waals surface area contributed by atoms with Crippen LogP contribution in [-0.4, -0.2) is 9.78 Å². The van der Waals surface area contributed by atoms with Gasteiger partial charge >= 0.3 is 6.18 Å². The molecule has 0 spiro atoms. The molecule has 12 heavy (non-hydrogen) atoms. The SMILES string of the molecule is N#CCn1cc(C(F)(F)F)cn1. The van der Waals surface area contributed by atoms with Crippen molar-refractivity contribution in [2.24, 2.45) is 0 Å². The maximum Gasteiger partial charge on any atom is 0.419 e. The molecule has 0 N–H and O–H groups in total. The number of aromatic nitrogens is 2. The van der Waals surface area contributed by atoms with E-state index in [1.54, 1.807) is 6.07 Å². The van der Waals surface area contributed by atoms with Gasteiger partial charge in [0.1, 0.15) is 6.54 Å². The summed E-state index contributed by atoms with van der Waals surface area (Å²) in [5.74, 6) is 0. The van der Waals surface area contributed by atoms with Crippen LogP contribution in [0.25, 0.3) is 0 Å². The van der Waals surface area contributed by atoms with Crippen molar-refractivity contribution in [3.05, 3.63) is 18.0 Å². The molecule has 64 valence electrons. The lowest BCUT2D eigenvalue weighted by Gasteiger charge is -1.99. The molecule has 0 fully saturated rings. The molecule has 0 aliphatic carbocycles. The first-order chi connectivity index (χ1) is 5.54. The van der Waals surface area contributed by atoms with E-state index in [0.717, 1.165) is 10.9 Å². The van der Waals surface area contributed by atoms with Crippen LogP contribution >= 0.6 is 0 Å². The quantitative estimate of drug-likeness (QED) is 0.647. The van der Waals surface area contributed by atoms with E-state index in [2.05, 4.69) is 5.10 Å². The molecule has 0 saturated heterocycles. The Morgan fingerprint density at radius 1 is 1.58 bits per heavy atom. The highest BCUT2D eigenvalue weighted by atomic mass is 19.4. The normalized spacial score (nSPS) is 11.2. The highest BCUT2D eigenvalue weighted by molar-refractivity contribution is 5.08. The number of nitrogens with zero attached hydrogens (tertiary/aromatic N) is 3. The Balaban J connectivity index is 2.86. The van der Waals surface area contributed by atoms with Gasteiger partial charge in [-0.05, 0) is 0 Å². The zero-order valence-corrected chi connectivity index (χ0v) is 5.84. The fraction of sp³-hybridized carbons (Fsp3) is 0.333. The van der Waals surface area contributed by atoms with Crippen LogP contribution in [0.15, 0.2) is 12.4 Å². The smallest absolute Gasteiger partial charge is 0.258 e. The highest BCUT2D eigenvalue weighted by Gasteiger charge is 2.31. The second-order valence-electron chi connectivity index (χ2n) is 2.08. The Kier molecular flexibility index (Phi) is 2.04. The molecule has 1 aromatic heterocycles. The van der Waals surface area contributed by atoms with Gasteiger partial charge < -0.3 is 0 Å². The van der Waals surface area contributed by atoms with E-state index >= 15 is 0 Å². The first kappa shape index (κ1) is 8.59. The van der Waals surface area contributed by atoms with Gasteiger partial charge in [0.25, 0.3) is 0 Å². The molecule has 0 aliphatic rings. The third kappa shape index (κ3) is 1.75. The van der Waals surface area contributed by atoms with Crippen molar-refractivity contribution in [3.8, 4) is 6.07 Å². The average Bonchev–Trinajstić information content (AvgIpc) is 2.35. The van der Waals surface area contributed by atoms with Gasteiger partial charge in [-0.3, -0.25) is 4.68 Å². The number of hydrogen-bond acceptors (Lipinski definition) is 2. The van der Waals surface area contributed by atoms with Crippen molar-refractivity contribution < 1.29 is 13.2 Å². The van der Waals surface area contributed by atoms with Crippen LogP contribution in [0.2, 0.25) is 0 Å². The van der Waals surface area contributed by atoms with Crippen molar-refractivity contribution >= 4 is 0 Å². The number of nitriles is 1. The lowest BCUT2D eigenvalue weighted by Crippen LogP contribution is -2.03. The zero-order valence-electron chi connectivity index (χ0n) is 5.84. The Labute approximate surface area is 66.0 Å². The van der Waals surface area contributed by atoms with Crippen LogP contribution < -0.4 is 0 Å². The Hall–Kier alpha value is -1.51.